The molecule has 0 amide bonds. The van der Waals surface area contributed by atoms with E-state index in [2.05, 4.69) is 5.32 Å². The highest BCUT2D eigenvalue weighted by Gasteiger charge is 2.16. The predicted molar refractivity (Wildman–Crippen MR) is 47.9 cm³/mol. The van der Waals surface area contributed by atoms with Crippen LogP contribution in [0.4, 0.5) is 8.78 Å². The zero-order valence-electron chi connectivity index (χ0n) is 7.59. The zero-order valence-corrected chi connectivity index (χ0v) is 7.59. The van der Waals surface area contributed by atoms with E-state index in [1.807, 2.05) is 0 Å². The predicted octanol–water partition coefficient (Wildman–Crippen LogP) is 1.63. The average molecular weight is 199 g/mol. The second kappa shape index (κ2) is 4.02. The number of nitrogens with one attached hydrogen (secondary N) is 1. The van der Waals surface area contributed by atoms with Crippen LogP contribution in [0.3, 0.4) is 0 Å². The molecule has 0 aromatic heterocycles. The summed E-state index contributed by atoms with van der Waals surface area (Å²) in [4.78, 5) is 0. The molecule has 2 nitrogen and oxygen atoms in total. The molecule has 0 aliphatic carbocycles. The normalized spacial score (nSPS) is 22.3. The molecule has 1 heterocycles. The molecule has 1 unspecified atom stereocenters. The van der Waals surface area contributed by atoms with Gasteiger partial charge in [0.25, 0.3) is 0 Å². The van der Waals surface area contributed by atoms with E-state index in [0.29, 0.717) is 13.2 Å². The lowest BCUT2D eigenvalue weighted by Crippen LogP contribution is -2.34. The van der Waals surface area contributed by atoms with Gasteiger partial charge in [-0.1, -0.05) is 6.07 Å². The van der Waals surface area contributed by atoms with Crippen molar-refractivity contribution in [3.05, 3.63) is 35.4 Å². The Morgan fingerprint density at radius 2 is 2.14 bits per heavy atom. The fourth-order valence-corrected chi connectivity index (χ4v) is 1.51. The van der Waals surface area contributed by atoms with Crippen LogP contribution in [-0.2, 0) is 4.74 Å². The molecule has 1 aliphatic heterocycles. The van der Waals surface area contributed by atoms with E-state index in [1.54, 1.807) is 6.07 Å². The lowest BCUT2D eigenvalue weighted by atomic mass is 10.1. The first-order valence-corrected chi connectivity index (χ1v) is 4.53. The summed E-state index contributed by atoms with van der Waals surface area (Å²) in [5, 5.41) is 3.17. The maximum absolute atomic E-state index is 12.9. The van der Waals surface area contributed by atoms with E-state index >= 15 is 0 Å². The van der Waals surface area contributed by atoms with Crippen molar-refractivity contribution in [3.8, 4) is 0 Å². The summed E-state index contributed by atoms with van der Waals surface area (Å²) >= 11 is 0. The minimum Gasteiger partial charge on any atom is -0.378 e. The third-order valence-electron chi connectivity index (χ3n) is 2.27. The summed E-state index contributed by atoms with van der Waals surface area (Å²) in [5.74, 6) is -1.62. The van der Waals surface area contributed by atoms with Crippen LogP contribution in [0, 0.1) is 11.6 Å². The van der Waals surface area contributed by atoms with Crippen molar-refractivity contribution in [2.75, 3.05) is 19.8 Å². The maximum atomic E-state index is 12.9. The van der Waals surface area contributed by atoms with Gasteiger partial charge in [-0.25, -0.2) is 8.78 Å². The first-order chi connectivity index (χ1) is 6.77. The van der Waals surface area contributed by atoms with Gasteiger partial charge in [0, 0.05) is 6.54 Å². The lowest BCUT2D eigenvalue weighted by molar-refractivity contribution is 0.0767. The molecule has 1 aromatic rings. The van der Waals surface area contributed by atoms with Gasteiger partial charge in [0.05, 0.1) is 19.3 Å². The number of ether oxygens (including phenoxy) is 1. The second-order valence-electron chi connectivity index (χ2n) is 3.26. The summed E-state index contributed by atoms with van der Waals surface area (Å²) in [7, 11) is 0. The largest absolute Gasteiger partial charge is 0.378 e. The quantitative estimate of drug-likeness (QED) is 0.742. The highest BCUT2D eigenvalue weighted by atomic mass is 19.2. The smallest absolute Gasteiger partial charge is 0.159 e. The monoisotopic (exact) mass is 199 g/mol. The van der Waals surface area contributed by atoms with Crippen LogP contribution in [0.25, 0.3) is 0 Å². The Balaban J connectivity index is 2.18. The van der Waals surface area contributed by atoms with Gasteiger partial charge in [-0.15, -0.1) is 0 Å². The standard InChI is InChI=1S/C10H11F2NO/c11-8-2-1-7(5-9(8)12)10-6-14-4-3-13-10/h1-2,5,10,13H,3-4,6H2. The van der Waals surface area contributed by atoms with Crippen LogP contribution in [0.5, 0.6) is 0 Å². The lowest BCUT2D eigenvalue weighted by Gasteiger charge is -2.24. The molecule has 76 valence electrons. The Bertz CT molecular complexity index is 324. The van der Waals surface area contributed by atoms with Crippen molar-refractivity contribution >= 4 is 0 Å². The fraction of sp³-hybridized carbons (Fsp3) is 0.400. The van der Waals surface area contributed by atoms with Crippen molar-refractivity contribution in [2.45, 2.75) is 6.04 Å². The summed E-state index contributed by atoms with van der Waals surface area (Å²) < 4.78 is 30.8. The van der Waals surface area contributed by atoms with E-state index in [-0.39, 0.29) is 6.04 Å². The second-order valence-corrected chi connectivity index (χ2v) is 3.26. The molecule has 14 heavy (non-hydrogen) atoms. The molecular weight excluding hydrogens is 188 g/mol. The maximum Gasteiger partial charge on any atom is 0.159 e. The Morgan fingerprint density at radius 1 is 1.29 bits per heavy atom. The Hall–Kier alpha value is -1.00. The summed E-state index contributed by atoms with van der Waals surface area (Å²) in [5.41, 5.74) is 0.726. The molecule has 1 atom stereocenters. The average Bonchev–Trinajstić information content (AvgIpc) is 2.23. The molecular formula is C10H11F2NO. The summed E-state index contributed by atoms with van der Waals surface area (Å²) in [6.45, 7) is 1.91. The van der Waals surface area contributed by atoms with E-state index in [0.717, 1.165) is 18.2 Å². The molecule has 0 radical (unpaired) electrons. The Labute approximate surface area is 80.9 Å². The van der Waals surface area contributed by atoms with E-state index in [4.69, 9.17) is 4.74 Å². The number of halogens is 2. The third-order valence-corrected chi connectivity index (χ3v) is 2.27. The van der Waals surface area contributed by atoms with Crippen LogP contribution in [0.2, 0.25) is 0 Å². The summed E-state index contributed by atoms with van der Waals surface area (Å²) in [6.07, 6.45) is 0. The first kappa shape index (κ1) is 9.55. The van der Waals surface area contributed by atoms with Gasteiger partial charge in [0.1, 0.15) is 0 Å². The molecule has 0 saturated carbocycles. The SMILES string of the molecule is Fc1ccc(C2COCCN2)cc1F. The van der Waals surface area contributed by atoms with Crippen molar-refractivity contribution in [1.29, 1.82) is 0 Å². The molecule has 1 aromatic carbocycles. The number of hydrogen-bond donors (Lipinski definition) is 1. The van der Waals surface area contributed by atoms with Crippen LogP contribution < -0.4 is 5.32 Å². The molecule has 1 aliphatic rings. The topological polar surface area (TPSA) is 21.3 Å². The highest BCUT2D eigenvalue weighted by molar-refractivity contribution is 5.21. The van der Waals surface area contributed by atoms with Gasteiger partial charge >= 0.3 is 0 Å². The number of benzene rings is 1. The van der Waals surface area contributed by atoms with Crippen molar-refractivity contribution in [2.24, 2.45) is 0 Å². The zero-order chi connectivity index (χ0) is 9.97. The van der Waals surface area contributed by atoms with Gasteiger partial charge < -0.3 is 10.1 Å². The minimum absolute atomic E-state index is 0.0288. The number of rotatable bonds is 1. The minimum atomic E-state index is -0.814. The number of hydrogen-bond acceptors (Lipinski definition) is 2. The van der Waals surface area contributed by atoms with Gasteiger partial charge in [-0.05, 0) is 17.7 Å². The van der Waals surface area contributed by atoms with Gasteiger partial charge in [-0.3, -0.25) is 0 Å². The molecule has 0 spiro atoms. The molecule has 1 saturated heterocycles. The molecule has 1 N–H and O–H groups in total. The van der Waals surface area contributed by atoms with Gasteiger partial charge in [0.15, 0.2) is 11.6 Å². The fourth-order valence-electron chi connectivity index (χ4n) is 1.51. The molecule has 1 fully saturated rings. The number of morpholine rings is 1. The van der Waals surface area contributed by atoms with Crippen molar-refractivity contribution in [1.82, 2.24) is 5.32 Å². The van der Waals surface area contributed by atoms with Crippen LogP contribution in [0.15, 0.2) is 18.2 Å². The highest BCUT2D eigenvalue weighted by Crippen LogP contribution is 2.18. The van der Waals surface area contributed by atoms with Crippen LogP contribution in [-0.4, -0.2) is 19.8 Å². The van der Waals surface area contributed by atoms with Gasteiger partial charge in [0.2, 0.25) is 0 Å². The van der Waals surface area contributed by atoms with E-state index in [9.17, 15) is 8.78 Å². The van der Waals surface area contributed by atoms with Crippen LogP contribution in [0.1, 0.15) is 11.6 Å². The van der Waals surface area contributed by atoms with Gasteiger partial charge in [-0.2, -0.15) is 0 Å². The first-order valence-electron chi connectivity index (χ1n) is 4.53. The molecule has 4 heteroatoms. The van der Waals surface area contributed by atoms with Crippen LogP contribution >= 0.6 is 0 Å². The van der Waals surface area contributed by atoms with E-state index in [1.165, 1.54) is 6.07 Å². The van der Waals surface area contributed by atoms with E-state index < -0.39 is 11.6 Å². The molecule has 2 rings (SSSR count). The Morgan fingerprint density at radius 3 is 2.79 bits per heavy atom. The van der Waals surface area contributed by atoms with Crippen molar-refractivity contribution in [3.63, 3.8) is 0 Å². The third kappa shape index (κ3) is 1.91. The Kier molecular flexibility index (Phi) is 2.74. The summed E-state index contributed by atoms with van der Waals surface area (Å²) in [6, 6.07) is 3.90. The van der Waals surface area contributed by atoms with Crippen molar-refractivity contribution < 1.29 is 13.5 Å². The molecule has 0 bridgehead atoms.